The van der Waals surface area contributed by atoms with E-state index >= 15 is 0 Å². The number of nitrogens with two attached hydrogens (primary N) is 1. The zero-order valence-corrected chi connectivity index (χ0v) is 11.9. The Balaban J connectivity index is 3.34. The van der Waals surface area contributed by atoms with Crippen LogP contribution in [0.4, 0.5) is 14.5 Å². The first-order valence-corrected chi connectivity index (χ1v) is 8.54. The molecule has 0 atom stereocenters. The molecular formula is C9H13F2N3O4S2. The van der Waals surface area contributed by atoms with Crippen molar-refractivity contribution >= 4 is 25.5 Å². The number of nitrogens with one attached hydrogen (secondary N) is 2. The maximum atomic E-state index is 12.1. The Labute approximate surface area is 115 Å². The number of hydrazine groups is 1. The number of sulfonamides is 1. The Morgan fingerprint density at radius 3 is 2.30 bits per heavy atom. The van der Waals surface area contributed by atoms with Crippen molar-refractivity contribution in [2.75, 3.05) is 18.2 Å². The summed E-state index contributed by atoms with van der Waals surface area (Å²) >= 11 is 0. The largest absolute Gasteiger partial charge is 0.323 e. The lowest BCUT2D eigenvalue weighted by Gasteiger charge is -2.12. The molecule has 11 heteroatoms. The molecule has 4 N–H and O–H groups in total. The molecule has 0 saturated carbocycles. The zero-order chi connectivity index (χ0) is 15.6. The summed E-state index contributed by atoms with van der Waals surface area (Å²) in [4.78, 5) is -0.794. The molecule has 0 unspecified atom stereocenters. The van der Waals surface area contributed by atoms with Gasteiger partial charge in [-0.25, -0.2) is 30.3 Å². The average Bonchev–Trinajstić information content (AvgIpc) is 2.34. The SMILES string of the molecule is CS(=O)(=O)c1ccc(NN)c(S(=O)(=O)NCC(F)F)c1. The zero-order valence-electron chi connectivity index (χ0n) is 10.3. The molecule has 0 bridgehead atoms. The van der Waals surface area contributed by atoms with Crippen molar-refractivity contribution in [2.45, 2.75) is 16.2 Å². The van der Waals surface area contributed by atoms with Crippen LogP contribution in [-0.2, 0) is 19.9 Å². The number of nitrogen functional groups attached to an aromatic ring is 1. The van der Waals surface area contributed by atoms with E-state index in [0.29, 0.717) is 0 Å². The van der Waals surface area contributed by atoms with Crippen molar-refractivity contribution < 1.29 is 25.6 Å². The summed E-state index contributed by atoms with van der Waals surface area (Å²) in [5.41, 5.74) is 1.95. The fourth-order valence-corrected chi connectivity index (χ4v) is 3.25. The fourth-order valence-electron chi connectivity index (χ4n) is 1.33. The smallest absolute Gasteiger partial charge is 0.251 e. The minimum Gasteiger partial charge on any atom is -0.323 e. The van der Waals surface area contributed by atoms with Crippen LogP contribution < -0.4 is 16.0 Å². The van der Waals surface area contributed by atoms with E-state index < -0.39 is 37.7 Å². The van der Waals surface area contributed by atoms with Gasteiger partial charge in [-0.1, -0.05) is 0 Å². The third-order valence-electron chi connectivity index (χ3n) is 2.25. The molecule has 0 aliphatic carbocycles. The van der Waals surface area contributed by atoms with Crippen molar-refractivity contribution in [3.63, 3.8) is 0 Å². The van der Waals surface area contributed by atoms with Crippen LogP contribution in [0, 0.1) is 0 Å². The summed E-state index contributed by atoms with van der Waals surface area (Å²) < 4.78 is 72.3. The Morgan fingerprint density at radius 2 is 1.85 bits per heavy atom. The third kappa shape index (κ3) is 4.10. The van der Waals surface area contributed by atoms with E-state index in [0.717, 1.165) is 24.5 Å². The molecular weight excluding hydrogens is 316 g/mol. The third-order valence-corrected chi connectivity index (χ3v) is 4.83. The number of rotatable bonds is 6. The van der Waals surface area contributed by atoms with E-state index in [9.17, 15) is 25.6 Å². The molecule has 114 valence electrons. The van der Waals surface area contributed by atoms with Gasteiger partial charge in [-0.15, -0.1) is 0 Å². The quantitative estimate of drug-likeness (QED) is 0.496. The molecule has 0 radical (unpaired) electrons. The number of alkyl halides is 2. The van der Waals surface area contributed by atoms with Gasteiger partial charge in [-0.2, -0.15) is 0 Å². The summed E-state index contributed by atoms with van der Waals surface area (Å²) in [6.45, 7) is -1.09. The standard InChI is InChI=1S/C9H13F2N3O4S2/c1-19(15,16)6-2-3-7(14-12)8(4-6)20(17,18)13-5-9(10)11/h2-4,9,13-14H,5,12H2,1H3. The van der Waals surface area contributed by atoms with Crippen molar-refractivity contribution in [3.8, 4) is 0 Å². The Morgan fingerprint density at radius 1 is 1.25 bits per heavy atom. The molecule has 20 heavy (non-hydrogen) atoms. The van der Waals surface area contributed by atoms with Gasteiger partial charge >= 0.3 is 0 Å². The molecule has 0 saturated heterocycles. The molecule has 0 spiro atoms. The number of benzene rings is 1. The Kier molecular flexibility index (Phi) is 5.02. The summed E-state index contributed by atoms with van der Waals surface area (Å²) in [7, 11) is -7.97. The maximum Gasteiger partial charge on any atom is 0.251 e. The van der Waals surface area contributed by atoms with E-state index in [2.05, 4.69) is 5.43 Å². The van der Waals surface area contributed by atoms with Gasteiger partial charge < -0.3 is 5.43 Å². The van der Waals surface area contributed by atoms with E-state index in [1.54, 1.807) is 4.72 Å². The van der Waals surface area contributed by atoms with E-state index in [4.69, 9.17) is 5.84 Å². The van der Waals surface area contributed by atoms with Gasteiger partial charge in [0.15, 0.2) is 9.84 Å². The lowest BCUT2D eigenvalue weighted by atomic mass is 10.3. The highest BCUT2D eigenvalue weighted by molar-refractivity contribution is 7.91. The molecule has 1 aromatic carbocycles. The number of hydrogen-bond donors (Lipinski definition) is 3. The Hall–Kier alpha value is -1.30. The van der Waals surface area contributed by atoms with Crippen LogP contribution in [0.5, 0.6) is 0 Å². The monoisotopic (exact) mass is 329 g/mol. The van der Waals surface area contributed by atoms with Gasteiger partial charge in [0.2, 0.25) is 10.0 Å². The maximum absolute atomic E-state index is 12.1. The summed E-state index contributed by atoms with van der Waals surface area (Å²) in [6, 6.07) is 3.13. The van der Waals surface area contributed by atoms with E-state index in [1.807, 2.05) is 0 Å². The van der Waals surface area contributed by atoms with Gasteiger partial charge in [0.05, 0.1) is 17.1 Å². The molecule has 0 amide bonds. The normalized spacial score (nSPS) is 12.7. The Bertz CT molecular complexity index is 689. The van der Waals surface area contributed by atoms with Gasteiger partial charge in [0, 0.05) is 6.26 Å². The second-order valence-corrected chi connectivity index (χ2v) is 7.57. The number of sulfone groups is 1. The van der Waals surface area contributed by atoms with Crippen molar-refractivity contribution in [1.82, 2.24) is 4.72 Å². The summed E-state index contributed by atoms with van der Waals surface area (Å²) in [5, 5.41) is 0. The van der Waals surface area contributed by atoms with Crippen LogP contribution in [0.1, 0.15) is 0 Å². The van der Waals surface area contributed by atoms with Crippen LogP contribution in [0.15, 0.2) is 28.0 Å². The van der Waals surface area contributed by atoms with Crippen LogP contribution >= 0.6 is 0 Å². The van der Waals surface area contributed by atoms with Crippen LogP contribution in [0.2, 0.25) is 0 Å². The number of anilines is 1. The summed E-state index contributed by atoms with van der Waals surface area (Å²) in [5.74, 6) is 5.12. The van der Waals surface area contributed by atoms with Gasteiger partial charge in [0.1, 0.15) is 4.90 Å². The predicted molar refractivity (Wildman–Crippen MR) is 68.6 cm³/mol. The molecule has 0 heterocycles. The average molecular weight is 329 g/mol. The predicted octanol–water partition coefficient (Wildman–Crippen LogP) is -0.0809. The second-order valence-electron chi connectivity index (χ2n) is 3.82. The first-order valence-electron chi connectivity index (χ1n) is 5.16. The van der Waals surface area contributed by atoms with Crippen LogP contribution in [-0.4, -0.2) is 36.1 Å². The molecule has 1 rings (SSSR count). The molecule has 0 aliphatic heterocycles. The number of hydrogen-bond acceptors (Lipinski definition) is 6. The van der Waals surface area contributed by atoms with Gasteiger partial charge in [0.25, 0.3) is 6.43 Å². The highest BCUT2D eigenvalue weighted by Gasteiger charge is 2.22. The topological polar surface area (TPSA) is 118 Å². The molecule has 0 aliphatic rings. The lowest BCUT2D eigenvalue weighted by molar-refractivity contribution is 0.153. The van der Waals surface area contributed by atoms with E-state index in [1.165, 1.54) is 0 Å². The first kappa shape index (κ1) is 16.8. The second kappa shape index (κ2) is 5.99. The highest BCUT2D eigenvalue weighted by Crippen LogP contribution is 2.24. The highest BCUT2D eigenvalue weighted by atomic mass is 32.2. The number of halogens is 2. The first-order chi connectivity index (χ1) is 9.08. The van der Waals surface area contributed by atoms with Crippen molar-refractivity contribution in [1.29, 1.82) is 0 Å². The van der Waals surface area contributed by atoms with Crippen molar-refractivity contribution in [3.05, 3.63) is 18.2 Å². The molecule has 1 aromatic rings. The van der Waals surface area contributed by atoms with Crippen molar-refractivity contribution in [2.24, 2.45) is 5.84 Å². The fraction of sp³-hybridized carbons (Fsp3) is 0.333. The lowest BCUT2D eigenvalue weighted by Crippen LogP contribution is -2.29. The molecule has 7 nitrogen and oxygen atoms in total. The van der Waals surface area contributed by atoms with Crippen LogP contribution in [0.25, 0.3) is 0 Å². The molecule has 0 fully saturated rings. The van der Waals surface area contributed by atoms with Crippen LogP contribution in [0.3, 0.4) is 0 Å². The molecule has 0 aromatic heterocycles. The van der Waals surface area contributed by atoms with Gasteiger partial charge in [-0.3, -0.25) is 5.84 Å². The summed E-state index contributed by atoms with van der Waals surface area (Å²) in [6.07, 6.45) is -1.99. The van der Waals surface area contributed by atoms with E-state index in [-0.39, 0.29) is 10.6 Å². The van der Waals surface area contributed by atoms with Gasteiger partial charge in [-0.05, 0) is 18.2 Å². The minimum atomic E-state index is -4.32. The minimum absolute atomic E-state index is 0.112.